The number of hydrazone groups is 1. The number of carbonyl (C=O) groups excluding carboxylic acids is 1. The average molecular weight is 565 g/mol. The highest BCUT2D eigenvalue weighted by atomic mass is 79.9. The van der Waals surface area contributed by atoms with Crippen molar-refractivity contribution in [3.63, 3.8) is 0 Å². The minimum Gasteiger partial charge on any atom is -0.496 e. The van der Waals surface area contributed by atoms with E-state index < -0.39 is 22.5 Å². The molecule has 0 saturated carbocycles. The third-order valence-electron chi connectivity index (χ3n) is 4.93. The van der Waals surface area contributed by atoms with E-state index in [4.69, 9.17) is 16.3 Å². The number of hydrogen-bond donors (Lipinski definition) is 1. The van der Waals surface area contributed by atoms with Gasteiger partial charge in [0.25, 0.3) is 15.9 Å². The first kappa shape index (κ1) is 25.7. The molecule has 3 aromatic rings. The molecule has 0 saturated heterocycles. The lowest BCUT2D eigenvalue weighted by Crippen LogP contribution is -2.39. The third kappa shape index (κ3) is 6.16. The zero-order chi connectivity index (χ0) is 24.9. The monoisotopic (exact) mass is 563 g/mol. The van der Waals surface area contributed by atoms with Crippen molar-refractivity contribution in [2.24, 2.45) is 5.10 Å². The van der Waals surface area contributed by atoms with Crippen LogP contribution in [0.3, 0.4) is 0 Å². The summed E-state index contributed by atoms with van der Waals surface area (Å²) < 4.78 is 33.8. The summed E-state index contributed by atoms with van der Waals surface area (Å²) in [6.45, 7) is 3.16. The van der Waals surface area contributed by atoms with E-state index in [2.05, 4.69) is 26.5 Å². The maximum atomic E-state index is 13.5. The van der Waals surface area contributed by atoms with Gasteiger partial charge in [-0.05, 0) is 77.8 Å². The van der Waals surface area contributed by atoms with Gasteiger partial charge in [0, 0.05) is 5.02 Å². The van der Waals surface area contributed by atoms with Crippen molar-refractivity contribution in [1.29, 1.82) is 0 Å². The molecule has 0 aliphatic rings. The number of rotatable bonds is 8. The van der Waals surface area contributed by atoms with E-state index >= 15 is 0 Å². The molecule has 0 aromatic heterocycles. The SMILES string of the molecule is COc1ccc(S(=O)(=O)N(CC(=O)N/N=C(/C)c2ccc(Cl)cc2)c2ccc(C)cc2)cc1Br. The van der Waals surface area contributed by atoms with Gasteiger partial charge in [-0.1, -0.05) is 41.4 Å². The predicted octanol–water partition coefficient (Wildman–Crippen LogP) is 5.16. The number of amides is 1. The van der Waals surface area contributed by atoms with Gasteiger partial charge in [-0.2, -0.15) is 5.10 Å². The van der Waals surface area contributed by atoms with Crippen LogP contribution >= 0.6 is 27.5 Å². The van der Waals surface area contributed by atoms with Crippen molar-refractivity contribution in [3.05, 3.63) is 87.4 Å². The van der Waals surface area contributed by atoms with Crippen LogP contribution < -0.4 is 14.5 Å². The second kappa shape index (κ2) is 11.0. The van der Waals surface area contributed by atoms with Crippen molar-refractivity contribution in [3.8, 4) is 5.75 Å². The first-order valence-corrected chi connectivity index (χ1v) is 12.7. The Hall–Kier alpha value is -2.88. The second-order valence-corrected chi connectivity index (χ2v) is 10.5. The second-order valence-electron chi connectivity index (χ2n) is 7.38. The summed E-state index contributed by atoms with van der Waals surface area (Å²) >= 11 is 9.23. The van der Waals surface area contributed by atoms with E-state index in [1.807, 2.05) is 6.92 Å². The van der Waals surface area contributed by atoms with Gasteiger partial charge >= 0.3 is 0 Å². The highest BCUT2D eigenvalue weighted by molar-refractivity contribution is 9.10. The highest BCUT2D eigenvalue weighted by Crippen LogP contribution is 2.30. The van der Waals surface area contributed by atoms with Crippen LogP contribution in [0.1, 0.15) is 18.1 Å². The Bertz CT molecular complexity index is 1310. The van der Waals surface area contributed by atoms with Crippen LogP contribution in [0, 0.1) is 6.92 Å². The minimum atomic E-state index is -4.08. The molecule has 0 heterocycles. The van der Waals surface area contributed by atoms with Crippen molar-refractivity contribution in [2.75, 3.05) is 18.0 Å². The van der Waals surface area contributed by atoms with E-state index in [1.165, 1.54) is 19.2 Å². The standard InChI is InChI=1S/C24H23BrClN3O4S/c1-16-4-10-20(11-5-16)29(34(31,32)21-12-13-23(33-3)22(25)14-21)15-24(30)28-27-17(2)18-6-8-19(26)9-7-18/h4-14H,15H2,1-3H3,(H,28,30)/b27-17-. The van der Waals surface area contributed by atoms with E-state index in [9.17, 15) is 13.2 Å². The quantitative estimate of drug-likeness (QED) is 0.303. The summed E-state index contributed by atoms with van der Waals surface area (Å²) in [5.74, 6) is -0.101. The lowest BCUT2D eigenvalue weighted by Gasteiger charge is -2.24. The lowest BCUT2D eigenvalue weighted by molar-refractivity contribution is -0.119. The normalized spacial score (nSPS) is 11.7. The molecule has 0 bridgehead atoms. The average Bonchev–Trinajstić information content (AvgIpc) is 2.82. The van der Waals surface area contributed by atoms with Crippen LogP contribution in [0.4, 0.5) is 5.69 Å². The van der Waals surface area contributed by atoms with Crippen molar-refractivity contribution >= 4 is 54.9 Å². The molecule has 1 N–H and O–H groups in total. The van der Waals surface area contributed by atoms with E-state index in [0.29, 0.717) is 26.6 Å². The molecule has 0 atom stereocenters. The molecular formula is C24H23BrClN3O4S. The largest absolute Gasteiger partial charge is 0.496 e. The number of nitrogens with zero attached hydrogens (tertiary/aromatic N) is 2. The first-order valence-electron chi connectivity index (χ1n) is 10.1. The molecule has 0 spiro atoms. The number of ether oxygens (including phenoxy) is 1. The van der Waals surface area contributed by atoms with Crippen LogP contribution in [-0.4, -0.2) is 33.7 Å². The third-order valence-corrected chi connectivity index (χ3v) is 7.57. The van der Waals surface area contributed by atoms with Crippen LogP contribution in [0.2, 0.25) is 5.02 Å². The van der Waals surface area contributed by atoms with Gasteiger partial charge in [0.15, 0.2) is 0 Å². The van der Waals surface area contributed by atoms with E-state index in [0.717, 1.165) is 15.4 Å². The summed E-state index contributed by atoms with van der Waals surface area (Å²) in [6, 6.07) is 18.3. The maximum absolute atomic E-state index is 13.5. The maximum Gasteiger partial charge on any atom is 0.264 e. The van der Waals surface area contributed by atoms with Gasteiger partial charge < -0.3 is 4.74 Å². The Balaban J connectivity index is 1.89. The zero-order valence-electron chi connectivity index (χ0n) is 18.7. The fourth-order valence-corrected chi connectivity index (χ4v) is 5.29. The number of aryl methyl sites for hydroxylation is 1. The molecule has 0 fully saturated rings. The summed E-state index contributed by atoms with van der Waals surface area (Å²) in [7, 11) is -2.59. The lowest BCUT2D eigenvalue weighted by atomic mass is 10.1. The highest BCUT2D eigenvalue weighted by Gasteiger charge is 2.28. The fourth-order valence-electron chi connectivity index (χ4n) is 3.03. The zero-order valence-corrected chi connectivity index (χ0v) is 21.9. The number of halogens is 2. The fraction of sp³-hybridized carbons (Fsp3) is 0.167. The molecule has 0 radical (unpaired) electrons. The molecule has 10 heteroatoms. The number of benzene rings is 3. The summed E-state index contributed by atoms with van der Waals surface area (Å²) in [5, 5.41) is 4.69. The molecule has 34 heavy (non-hydrogen) atoms. The van der Waals surface area contributed by atoms with Gasteiger partial charge in [0.2, 0.25) is 0 Å². The van der Waals surface area contributed by atoms with Crippen LogP contribution in [0.25, 0.3) is 0 Å². The van der Waals surface area contributed by atoms with E-state index in [1.54, 1.807) is 61.5 Å². The van der Waals surface area contributed by atoms with Crippen LogP contribution in [-0.2, 0) is 14.8 Å². The Morgan fingerprint density at radius 1 is 1.09 bits per heavy atom. The number of carbonyl (C=O) groups is 1. The summed E-state index contributed by atoms with van der Waals surface area (Å²) in [4.78, 5) is 12.8. The number of anilines is 1. The molecule has 0 unspecified atom stereocenters. The molecule has 7 nitrogen and oxygen atoms in total. The smallest absolute Gasteiger partial charge is 0.264 e. The number of hydrogen-bond acceptors (Lipinski definition) is 5. The molecular weight excluding hydrogens is 542 g/mol. The molecule has 3 aromatic carbocycles. The number of nitrogens with one attached hydrogen (secondary N) is 1. The topological polar surface area (TPSA) is 88.1 Å². The Labute approximate surface area is 212 Å². The Morgan fingerprint density at radius 2 is 1.74 bits per heavy atom. The van der Waals surface area contributed by atoms with Crippen LogP contribution in [0.15, 0.2) is 81.2 Å². The summed E-state index contributed by atoms with van der Waals surface area (Å²) in [5.41, 5.74) is 5.08. The summed E-state index contributed by atoms with van der Waals surface area (Å²) in [6.07, 6.45) is 0. The molecule has 0 aliphatic heterocycles. The first-order chi connectivity index (χ1) is 16.1. The van der Waals surface area contributed by atoms with Gasteiger partial charge in [0.1, 0.15) is 12.3 Å². The molecule has 1 amide bonds. The van der Waals surface area contributed by atoms with Crippen molar-refractivity contribution < 1.29 is 17.9 Å². The van der Waals surface area contributed by atoms with Gasteiger partial charge in [-0.15, -0.1) is 0 Å². The number of methoxy groups -OCH3 is 1. The molecule has 0 aliphatic carbocycles. The Kier molecular flexibility index (Phi) is 8.35. The minimum absolute atomic E-state index is 0.00870. The van der Waals surface area contributed by atoms with E-state index in [-0.39, 0.29) is 4.90 Å². The van der Waals surface area contributed by atoms with Gasteiger partial charge in [-0.25, -0.2) is 13.8 Å². The van der Waals surface area contributed by atoms with Crippen molar-refractivity contribution in [1.82, 2.24) is 5.43 Å². The predicted molar refractivity (Wildman–Crippen MR) is 138 cm³/mol. The number of sulfonamides is 1. The molecule has 178 valence electrons. The van der Waals surface area contributed by atoms with Crippen molar-refractivity contribution in [2.45, 2.75) is 18.7 Å². The van der Waals surface area contributed by atoms with Crippen LogP contribution in [0.5, 0.6) is 5.75 Å². The Morgan fingerprint density at radius 3 is 2.32 bits per heavy atom. The van der Waals surface area contributed by atoms with Gasteiger partial charge in [-0.3, -0.25) is 9.10 Å². The molecule has 3 rings (SSSR count). The van der Waals surface area contributed by atoms with Gasteiger partial charge in [0.05, 0.1) is 27.9 Å².